The fourth-order valence-electron chi connectivity index (χ4n) is 1.31. The topological polar surface area (TPSA) is 62.2 Å². The molecule has 0 unspecified atom stereocenters. The number of thiazole rings is 1. The van der Waals surface area contributed by atoms with Crippen molar-refractivity contribution in [1.82, 2.24) is 4.98 Å². The van der Waals surface area contributed by atoms with Crippen molar-refractivity contribution >= 4 is 44.4 Å². The minimum Gasteiger partial charge on any atom is -0.396 e. The van der Waals surface area contributed by atoms with E-state index in [0.717, 1.165) is 10.2 Å². The highest BCUT2D eigenvalue weighted by molar-refractivity contribution is 7.99. The molecule has 17 heavy (non-hydrogen) atoms. The van der Waals surface area contributed by atoms with Crippen LogP contribution in [0.15, 0.2) is 24.3 Å². The van der Waals surface area contributed by atoms with Gasteiger partial charge < -0.3 is 10.4 Å². The molecular formula is C11H12N2O2S2. The fraction of sp³-hybridized carbons (Fsp3) is 0.273. The molecule has 0 fully saturated rings. The quantitative estimate of drug-likeness (QED) is 0.814. The molecule has 2 rings (SSSR count). The van der Waals surface area contributed by atoms with E-state index in [4.69, 9.17) is 5.11 Å². The van der Waals surface area contributed by atoms with E-state index in [9.17, 15) is 4.79 Å². The SMILES string of the molecule is O=C(CSCCO)Nc1nc2ccccc2s1. The molecule has 1 aromatic carbocycles. The van der Waals surface area contributed by atoms with E-state index >= 15 is 0 Å². The van der Waals surface area contributed by atoms with Crippen LogP contribution in [0.25, 0.3) is 10.2 Å². The average Bonchev–Trinajstić information content (AvgIpc) is 2.71. The second-order valence-corrected chi connectivity index (χ2v) is 5.45. The Hall–Kier alpha value is -1.11. The third-order valence-electron chi connectivity index (χ3n) is 2.01. The van der Waals surface area contributed by atoms with Crippen LogP contribution in [0.5, 0.6) is 0 Å². The number of nitrogens with one attached hydrogen (secondary N) is 1. The van der Waals surface area contributed by atoms with Crippen molar-refractivity contribution in [3.05, 3.63) is 24.3 Å². The molecule has 0 saturated heterocycles. The highest BCUT2D eigenvalue weighted by atomic mass is 32.2. The number of rotatable bonds is 5. The summed E-state index contributed by atoms with van der Waals surface area (Å²) in [6.07, 6.45) is 0. The van der Waals surface area contributed by atoms with Gasteiger partial charge in [0.1, 0.15) is 0 Å². The zero-order chi connectivity index (χ0) is 12.1. The van der Waals surface area contributed by atoms with E-state index in [1.165, 1.54) is 23.1 Å². The predicted octanol–water partition coefficient (Wildman–Crippen LogP) is 1.96. The number of aliphatic hydroxyl groups excluding tert-OH is 1. The molecule has 0 saturated carbocycles. The minimum absolute atomic E-state index is 0.0810. The second-order valence-electron chi connectivity index (χ2n) is 3.31. The molecule has 0 bridgehead atoms. The lowest BCUT2D eigenvalue weighted by atomic mass is 10.3. The zero-order valence-electron chi connectivity index (χ0n) is 9.05. The predicted molar refractivity (Wildman–Crippen MR) is 72.7 cm³/mol. The van der Waals surface area contributed by atoms with Gasteiger partial charge in [-0.25, -0.2) is 4.98 Å². The summed E-state index contributed by atoms with van der Waals surface area (Å²) in [7, 11) is 0. The Bertz CT molecular complexity index is 480. The molecule has 0 spiro atoms. The smallest absolute Gasteiger partial charge is 0.236 e. The Labute approximate surface area is 107 Å². The molecule has 1 heterocycles. The van der Waals surface area contributed by atoms with Crippen LogP contribution in [0.1, 0.15) is 0 Å². The molecule has 0 aliphatic heterocycles. The van der Waals surface area contributed by atoms with Gasteiger partial charge in [0.05, 0.1) is 22.6 Å². The molecule has 90 valence electrons. The molecule has 0 aliphatic rings. The third-order valence-corrected chi connectivity index (χ3v) is 3.90. The Balaban J connectivity index is 1.96. The maximum absolute atomic E-state index is 11.5. The molecule has 0 aliphatic carbocycles. The standard InChI is InChI=1S/C11H12N2O2S2/c14-5-6-16-7-10(15)13-11-12-8-3-1-2-4-9(8)17-11/h1-4,14H,5-7H2,(H,12,13,15). The van der Waals surface area contributed by atoms with Crippen molar-refractivity contribution < 1.29 is 9.90 Å². The first-order valence-electron chi connectivity index (χ1n) is 5.13. The van der Waals surface area contributed by atoms with Crippen LogP contribution in [0, 0.1) is 0 Å². The summed E-state index contributed by atoms with van der Waals surface area (Å²) in [4.78, 5) is 15.8. The van der Waals surface area contributed by atoms with Crippen molar-refractivity contribution in [3.8, 4) is 0 Å². The lowest BCUT2D eigenvalue weighted by Gasteiger charge is -1.99. The monoisotopic (exact) mass is 268 g/mol. The van der Waals surface area contributed by atoms with E-state index in [1.807, 2.05) is 24.3 Å². The van der Waals surface area contributed by atoms with Gasteiger partial charge >= 0.3 is 0 Å². The average molecular weight is 268 g/mol. The number of aliphatic hydroxyl groups is 1. The van der Waals surface area contributed by atoms with Gasteiger partial charge in [-0.05, 0) is 12.1 Å². The van der Waals surface area contributed by atoms with E-state index in [0.29, 0.717) is 16.6 Å². The van der Waals surface area contributed by atoms with E-state index in [-0.39, 0.29) is 12.5 Å². The van der Waals surface area contributed by atoms with Gasteiger partial charge in [0.25, 0.3) is 0 Å². The number of aromatic nitrogens is 1. The normalized spacial score (nSPS) is 10.6. The number of thioether (sulfide) groups is 1. The van der Waals surface area contributed by atoms with Crippen molar-refractivity contribution in [2.75, 3.05) is 23.4 Å². The van der Waals surface area contributed by atoms with Gasteiger partial charge in [0, 0.05) is 5.75 Å². The number of hydrogen-bond acceptors (Lipinski definition) is 5. The molecule has 4 nitrogen and oxygen atoms in total. The summed E-state index contributed by atoms with van der Waals surface area (Å²) in [6.45, 7) is 0.0963. The number of anilines is 1. The summed E-state index contributed by atoms with van der Waals surface area (Å²) in [5, 5.41) is 12.0. The first kappa shape index (κ1) is 12.3. The maximum Gasteiger partial charge on any atom is 0.236 e. The summed E-state index contributed by atoms with van der Waals surface area (Å²) < 4.78 is 1.06. The molecule has 6 heteroatoms. The highest BCUT2D eigenvalue weighted by Gasteiger charge is 2.07. The van der Waals surface area contributed by atoms with Crippen LogP contribution in [-0.4, -0.2) is 34.1 Å². The van der Waals surface area contributed by atoms with Crippen molar-refractivity contribution in [3.63, 3.8) is 0 Å². The van der Waals surface area contributed by atoms with Crippen molar-refractivity contribution in [2.45, 2.75) is 0 Å². The molecule has 2 N–H and O–H groups in total. The van der Waals surface area contributed by atoms with Gasteiger partial charge in [-0.3, -0.25) is 4.79 Å². The maximum atomic E-state index is 11.5. The first-order valence-corrected chi connectivity index (χ1v) is 7.11. The lowest BCUT2D eigenvalue weighted by Crippen LogP contribution is -2.14. The largest absolute Gasteiger partial charge is 0.396 e. The Morgan fingerprint density at radius 2 is 2.29 bits per heavy atom. The third kappa shape index (κ3) is 3.42. The van der Waals surface area contributed by atoms with Gasteiger partial charge in [0.15, 0.2) is 5.13 Å². The number of nitrogens with zero attached hydrogens (tertiary/aromatic N) is 1. The highest BCUT2D eigenvalue weighted by Crippen LogP contribution is 2.25. The van der Waals surface area contributed by atoms with Crippen LogP contribution in [0.3, 0.4) is 0 Å². The van der Waals surface area contributed by atoms with Crippen molar-refractivity contribution in [1.29, 1.82) is 0 Å². The number of para-hydroxylation sites is 1. The molecule has 1 amide bonds. The number of fused-ring (bicyclic) bond motifs is 1. The zero-order valence-corrected chi connectivity index (χ0v) is 10.7. The summed E-state index contributed by atoms with van der Waals surface area (Å²) in [6, 6.07) is 7.76. The molecule has 1 aromatic heterocycles. The van der Waals surface area contributed by atoms with Gasteiger partial charge in [-0.2, -0.15) is 0 Å². The Morgan fingerprint density at radius 3 is 3.06 bits per heavy atom. The minimum atomic E-state index is -0.0810. The van der Waals surface area contributed by atoms with Crippen LogP contribution in [0.4, 0.5) is 5.13 Å². The molecule has 0 atom stereocenters. The van der Waals surface area contributed by atoms with Gasteiger partial charge in [-0.1, -0.05) is 23.5 Å². The van der Waals surface area contributed by atoms with E-state index in [1.54, 1.807) is 0 Å². The van der Waals surface area contributed by atoms with E-state index in [2.05, 4.69) is 10.3 Å². The number of hydrogen-bond donors (Lipinski definition) is 2. The number of carbonyl (C=O) groups is 1. The molecule has 0 radical (unpaired) electrons. The van der Waals surface area contributed by atoms with Crippen LogP contribution in [0.2, 0.25) is 0 Å². The van der Waals surface area contributed by atoms with Crippen LogP contribution < -0.4 is 5.32 Å². The molecular weight excluding hydrogens is 256 g/mol. The number of benzene rings is 1. The first-order chi connectivity index (χ1) is 8.29. The summed E-state index contributed by atoms with van der Waals surface area (Å²) in [5.74, 6) is 0.839. The Kier molecular flexibility index (Phi) is 4.36. The van der Waals surface area contributed by atoms with Crippen LogP contribution in [-0.2, 0) is 4.79 Å². The lowest BCUT2D eigenvalue weighted by molar-refractivity contribution is -0.113. The Morgan fingerprint density at radius 1 is 1.47 bits per heavy atom. The van der Waals surface area contributed by atoms with Crippen LogP contribution >= 0.6 is 23.1 Å². The van der Waals surface area contributed by atoms with Crippen molar-refractivity contribution in [2.24, 2.45) is 0 Å². The fourth-order valence-corrected chi connectivity index (χ4v) is 2.72. The van der Waals surface area contributed by atoms with E-state index < -0.39 is 0 Å². The second kappa shape index (κ2) is 6.00. The number of carbonyl (C=O) groups excluding carboxylic acids is 1. The van der Waals surface area contributed by atoms with Gasteiger partial charge in [-0.15, -0.1) is 11.8 Å². The summed E-state index contributed by atoms with van der Waals surface area (Å²) in [5.41, 5.74) is 0.899. The van der Waals surface area contributed by atoms with Gasteiger partial charge in [0.2, 0.25) is 5.91 Å². The molecule has 2 aromatic rings. The number of amides is 1. The summed E-state index contributed by atoms with van der Waals surface area (Å²) >= 11 is 2.87.